The van der Waals surface area contributed by atoms with Crippen molar-refractivity contribution in [1.29, 1.82) is 5.26 Å². The quantitative estimate of drug-likeness (QED) is 0.354. The van der Waals surface area contributed by atoms with Crippen molar-refractivity contribution in [1.82, 2.24) is 9.38 Å². The third-order valence-corrected chi connectivity index (χ3v) is 6.82. The number of hydrogen-bond donors (Lipinski definition) is 0. The standard InChI is InChI=1S/C23H13Cl2N3O4S/c24-15-8-10-16(11-9-15)33(30,31)17(14-26)13-18-22(32-20-6-2-1-5-19(20)25)27-21-7-3-4-12-28(21)23(18)29/h1-13H. The van der Waals surface area contributed by atoms with E-state index in [1.54, 1.807) is 48.5 Å². The van der Waals surface area contributed by atoms with E-state index in [9.17, 15) is 18.5 Å². The Morgan fingerprint density at radius 2 is 1.73 bits per heavy atom. The second-order valence-corrected chi connectivity index (χ2v) is 9.44. The van der Waals surface area contributed by atoms with Crippen LogP contribution in [0.2, 0.25) is 10.0 Å². The van der Waals surface area contributed by atoms with Gasteiger partial charge in [-0.1, -0.05) is 41.4 Å². The summed E-state index contributed by atoms with van der Waals surface area (Å²) < 4.78 is 33.1. The molecule has 0 saturated carbocycles. The van der Waals surface area contributed by atoms with Gasteiger partial charge in [-0.3, -0.25) is 9.20 Å². The fourth-order valence-corrected chi connectivity index (χ4v) is 4.40. The molecule has 0 bridgehead atoms. The topological polar surface area (TPSA) is 102 Å². The zero-order valence-corrected chi connectivity index (χ0v) is 19.0. The lowest BCUT2D eigenvalue weighted by atomic mass is 10.2. The molecule has 0 spiro atoms. The third kappa shape index (κ3) is 4.47. The molecule has 2 aromatic heterocycles. The van der Waals surface area contributed by atoms with Gasteiger partial charge in [-0.25, -0.2) is 8.42 Å². The predicted molar refractivity (Wildman–Crippen MR) is 125 cm³/mol. The van der Waals surface area contributed by atoms with Crippen LogP contribution >= 0.6 is 23.2 Å². The first-order valence-electron chi connectivity index (χ1n) is 9.37. The van der Waals surface area contributed by atoms with E-state index in [4.69, 9.17) is 27.9 Å². The Morgan fingerprint density at radius 3 is 2.42 bits per heavy atom. The minimum atomic E-state index is -4.25. The number of rotatable bonds is 5. The first-order valence-corrected chi connectivity index (χ1v) is 11.6. The van der Waals surface area contributed by atoms with E-state index in [1.165, 1.54) is 34.9 Å². The second-order valence-electron chi connectivity index (χ2n) is 6.67. The van der Waals surface area contributed by atoms with Crippen LogP contribution in [0.1, 0.15) is 5.56 Å². The number of nitrogens with zero attached hydrogens (tertiary/aromatic N) is 3. The van der Waals surface area contributed by atoms with E-state index < -0.39 is 20.3 Å². The number of hydrogen-bond acceptors (Lipinski definition) is 6. The lowest BCUT2D eigenvalue weighted by Crippen LogP contribution is -2.19. The maximum atomic E-state index is 13.2. The summed E-state index contributed by atoms with van der Waals surface area (Å²) in [5.41, 5.74) is -0.588. The van der Waals surface area contributed by atoms with Crippen molar-refractivity contribution in [2.75, 3.05) is 0 Å². The number of allylic oxidation sites excluding steroid dienone is 1. The van der Waals surface area contributed by atoms with Gasteiger partial charge in [0.15, 0.2) is 0 Å². The van der Waals surface area contributed by atoms with Gasteiger partial charge in [0.2, 0.25) is 15.7 Å². The molecule has 0 aliphatic rings. The highest BCUT2D eigenvalue weighted by molar-refractivity contribution is 7.95. The van der Waals surface area contributed by atoms with Gasteiger partial charge < -0.3 is 4.74 Å². The minimum Gasteiger partial charge on any atom is -0.437 e. The van der Waals surface area contributed by atoms with Crippen molar-refractivity contribution in [3.05, 3.63) is 104 Å². The van der Waals surface area contributed by atoms with Gasteiger partial charge in [0.1, 0.15) is 27.9 Å². The zero-order chi connectivity index (χ0) is 23.6. The monoisotopic (exact) mass is 497 g/mol. The number of benzene rings is 2. The Morgan fingerprint density at radius 1 is 1.03 bits per heavy atom. The minimum absolute atomic E-state index is 0.151. The van der Waals surface area contributed by atoms with Crippen LogP contribution in [0.15, 0.2) is 87.5 Å². The largest absolute Gasteiger partial charge is 0.437 e. The molecule has 0 radical (unpaired) electrons. The van der Waals surface area contributed by atoms with Crippen LogP contribution in [0.3, 0.4) is 0 Å². The Bertz CT molecular complexity index is 1610. The number of sulfone groups is 1. The Hall–Kier alpha value is -3.64. The zero-order valence-electron chi connectivity index (χ0n) is 16.6. The van der Waals surface area contributed by atoms with E-state index in [0.717, 1.165) is 6.08 Å². The molecule has 0 amide bonds. The molecule has 0 unspecified atom stereocenters. The fraction of sp³-hybridized carbons (Fsp3) is 0. The van der Waals surface area contributed by atoms with Crippen molar-refractivity contribution in [3.8, 4) is 17.7 Å². The van der Waals surface area contributed by atoms with E-state index >= 15 is 0 Å². The van der Waals surface area contributed by atoms with Crippen LogP contribution in [0.4, 0.5) is 0 Å². The second kappa shape index (κ2) is 9.08. The summed E-state index contributed by atoms with van der Waals surface area (Å²) in [5, 5.41) is 10.3. The molecule has 0 aliphatic heterocycles. The van der Waals surface area contributed by atoms with Crippen LogP contribution in [-0.4, -0.2) is 17.8 Å². The molecule has 4 aromatic rings. The number of halogens is 2. The molecular weight excluding hydrogens is 485 g/mol. The fourth-order valence-electron chi connectivity index (χ4n) is 2.96. The molecule has 10 heteroatoms. The van der Waals surface area contributed by atoms with Crippen molar-refractivity contribution >= 4 is 44.8 Å². The number of ether oxygens (including phenoxy) is 1. The van der Waals surface area contributed by atoms with Crippen molar-refractivity contribution in [3.63, 3.8) is 0 Å². The summed E-state index contributed by atoms with van der Waals surface area (Å²) in [6.07, 6.45) is 2.42. The summed E-state index contributed by atoms with van der Waals surface area (Å²) in [6, 6.07) is 18.4. The smallest absolute Gasteiger partial charge is 0.269 e. The van der Waals surface area contributed by atoms with E-state index in [-0.39, 0.29) is 32.8 Å². The van der Waals surface area contributed by atoms with Crippen LogP contribution in [0, 0.1) is 11.3 Å². The van der Waals surface area contributed by atoms with E-state index in [2.05, 4.69) is 4.98 Å². The molecule has 2 heterocycles. The van der Waals surface area contributed by atoms with Crippen molar-refractivity contribution < 1.29 is 13.2 Å². The summed E-state index contributed by atoms with van der Waals surface area (Å²) in [6.45, 7) is 0. The predicted octanol–water partition coefficient (Wildman–Crippen LogP) is 5.13. The molecule has 2 aromatic carbocycles. The highest BCUT2D eigenvalue weighted by Gasteiger charge is 2.24. The van der Waals surface area contributed by atoms with Gasteiger partial charge in [-0.05, 0) is 54.6 Å². The molecule has 0 N–H and O–H groups in total. The number of nitriles is 1. The maximum absolute atomic E-state index is 13.2. The maximum Gasteiger partial charge on any atom is 0.269 e. The molecule has 33 heavy (non-hydrogen) atoms. The molecule has 0 atom stereocenters. The average Bonchev–Trinajstić information content (AvgIpc) is 2.80. The molecule has 0 fully saturated rings. The SMILES string of the molecule is N#CC(=Cc1c(Oc2ccccc2Cl)nc2ccccn2c1=O)S(=O)(=O)c1ccc(Cl)cc1. The first-order chi connectivity index (χ1) is 15.8. The first kappa shape index (κ1) is 22.6. The van der Waals surface area contributed by atoms with Crippen molar-refractivity contribution in [2.45, 2.75) is 4.90 Å². The van der Waals surface area contributed by atoms with Crippen LogP contribution in [0.5, 0.6) is 11.6 Å². The number of aromatic nitrogens is 2. The van der Waals surface area contributed by atoms with Crippen molar-refractivity contribution in [2.24, 2.45) is 0 Å². The molecule has 0 saturated heterocycles. The number of para-hydroxylation sites is 1. The lowest BCUT2D eigenvalue weighted by Gasteiger charge is -2.11. The Kier molecular flexibility index (Phi) is 6.20. The van der Waals surface area contributed by atoms with Crippen LogP contribution in [0.25, 0.3) is 11.7 Å². The molecule has 7 nitrogen and oxygen atoms in total. The van der Waals surface area contributed by atoms with Gasteiger partial charge in [-0.15, -0.1) is 0 Å². The van der Waals surface area contributed by atoms with Gasteiger partial charge in [0.25, 0.3) is 5.56 Å². The van der Waals surface area contributed by atoms with Gasteiger partial charge in [-0.2, -0.15) is 10.2 Å². The summed E-state index contributed by atoms with van der Waals surface area (Å²) in [5.74, 6) is 0.0124. The summed E-state index contributed by atoms with van der Waals surface area (Å²) >= 11 is 12.0. The lowest BCUT2D eigenvalue weighted by molar-refractivity contribution is 0.461. The molecule has 4 rings (SSSR count). The molecular formula is C23H13Cl2N3O4S. The Labute approximate surface area is 198 Å². The third-order valence-electron chi connectivity index (χ3n) is 4.58. The molecule has 164 valence electrons. The van der Waals surface area contributed by atoms with E-state index in [1.807, 2.05) is 0 Å². The van der Waals surface area contributed by atoms with E-state index in [0.29, 0.717) is 5.02 Å². The average molecular weight is 498 g/mol. The highest BCUT2D eigenvalue weighted by Crippen LogP contribution is 2.31. The summed E-state index contributed by atoms with van der Waals surface area (Å²) in [4.78, 5) is 16.8. The molecule has 0 aliphatic carbocycles. The normalized spacial score (nSPS) is 11.8. The van der Waals surface area contributed by atoms with Gasteiger partial charge in [0, 0.05) is 11.2 Å². The number of fused-ring (bicyclic) bond motifs is 1. The Balaban J connectivity index is 1.95. The van der Waals surface area contributed by atoms with Gasteiger partial charge >= 0.3 is 0 Å². The van der Waals surface area contributed by atoms with Gasteiger partial charge in [0.05, 0.1) is 9.92 Å². The van der Waals surface area contributed by atoms with Crippen LogP contribution in [-0.2, 0) is 9.84 Å². The van der Waals surface area contributed by atoms with Crippen LogP contribution < -0.4 is 10.3 Å². The highest BCUT2D eigenvalue weighted by atomic mass is 35.5. The summed E-state index contributed by atoms with van der Waals surface area (Å²) in [7, 11) is -4.25. The number of pyridine rings is 1.